The van der Waals surface area contributed by atoms with Gasteiger partial charge in [-0.15, -0.1) is 0 Å². The highest BCUT2D eigenvalue weighted by atomic mass is 35.5. The highest BCUT2D eigenvalue weighted by Crippen LogP contribution is 2.35. The van der Waals surface area contributed by atoms with Gasteiger partial charge >= 0.3 is 0 Å². The average molecular weight is 565 g/mol. The zero-order valence-corrected chi connectivity index (χ0v) is 23.9. The number of nitrogens with zero attached hydrogens (tertiary/aromatic N) is 4. The van der Waals surface area contributed by atoms with Gasteiger partial charge in [-0.2, -0.15) is 0 Å². The van der Waals surface area contributed by atoms with Crippen molar-refractivity contribution in [1.82, 2.24) is 20.7 Å². The summed E-state index contributed by atoms with van der Waals surface area (Å²) in [6.45, 7) is 11.4. The molecule has 0 radical (unpaired) electrons. The smallest absolute Gasteiger partial charge is 0.182 e. The van der Waals surface area contributed by atoms with Gasteiger partial charge in [-0.05, 0) is 63.0 Å². The van der Waals surface area contributed by atoms with Gasteiger partial charge in [0, 0.05) is 65.4 Å². The van der Waals surface area contributed by atoms with Crippen molar-refractivity contribution in [3.8, 4) is 5.75 Å². The predicted molar refractivity (Wildman–Crippen MR) is 156 cm³/mol. The van der Waals surface area contributed by atoms with Crippen LogP contribution in [0.25, 0.3) is 0 Å². The van der Waals surface area contributed by atoms with Crippen LogP contribution < -0.4 is 25.4 Å². The molecule has 0 spiro atoms. The van der Waals surface area contributed by atoms with Crippen molar-refractivity contribution in [2.24, 2.45) is 0 Å². The van der Waals surface area contributed by atoms with E-state index in [9.17, 15) is 8.78 Å². The molecule has 39 heavy (non-hydrogen) atoms. The maximum absolute atomic E-state index is 14.0. The zero-order valence-electron chi connectivity index (χ0n) is 23.1. The Morgan fingerprint density at radius 1 is 0.718 bits per heavy atom. The minimum Gasteiger partial charge on any atom is -0.493 e. The van der Waals surface area contributed by atoms with Crippen LogP contribution in [0.3, 0.4) is 0 Å². The second-order valence-corrected chi connectivity index (χ2v) is 10.7. The summed E-state index contributed by atoms with van der Waals surface area (Å²) >= 11 is 6.29. The van der Waals surface area contributed by atoms with Crippen LogP contribution in [0, 0.1) is 11.6 Å². The molecule has 10 heteroatoms. The summed E-state index contributed by atoms with van der Waals surface area (Å²) in [6, 6.07) is 10.3. The maximum atomic E-state index is 14.0. The molecule has 2 N–H and O–H groups in total. The lowest BCUT2D eigenvalue weighted by atomic mass is 10.2. The van der Waals surface area contributed by atoms with Crippen LogP contribution in [0.1, 0.15) is 25.7 Å². The third kappa shape index (κ3) is 8.66. The molecule has 2 aliphatic heterocycles. The molecule has 0 unspecified atom stereocenters. The molecule has 216 valence electrons. The van der Waals surface area contributed by atoms with E-state index in [2.05, 4.69) is 31.6 Å². The minimum absolute atomic E-state index is 0.377. The van der Waals surface area contributed by atoms with Crippen molar-refractivity contribution < 1.29 is 13.5 Å². The molecular formula is C29H43ClF2N6O. The summed E-state index contributed by atoms with van der Waals surface area (Å²) < 4.78 is 33.1. The van der Waals surface area contributed by atoms with Gasteiger partial charge in [-0.3, -0.25) is 20.7 Å². The molecule has 2 aromatic rings. The molecule has 4 rings (SSSR count). The second kappa shape index (κ2) is 15.6. The summed E-state index contributed by atoms with van der Waals surface area (Å²) in [4.78, 5) is 9.25. The normalized spacial score (nSPS) is 17.1. The number of para-hydroxylation sites is 1. The van der Waals surface area contributed by atoms with Crippen molar-refractivity contribution in [2.45, 2.75) is 25.7 Å². The average Bonchev–Trinajstić information content (AvgIpc) is 2.96. The molecule has 0 atom stereocenters. The third-order valence-corrected chi connectivity index (χ3v) is 7.98. The van der Waals surface area contributed by atoms with Crippen LogP contribution in [0.2, 0.25) is 5.02 Å². The number of benzene rings is 2. The van der Waals surface area contributed by atoms with Gasteiger partial charge in [-0.1, -0.05) is 23.7 Å². The van der Waals surface area contributed by atoms with Crippen LogP contribution >= 0.6 is 11.6 Å². The first-order valence-corrected chi connectivity index (χ1v) is 14.6. The quantitative estimate of drug-likeness (QED) is 0.263. The fourth-order valence-electron chi connectivity index (χ4n) is 5.38. The molecule has 0 aromatic heterocycles. The van der Waals surface area contributed by atoms with Gasteiger partial charge in [0.25, 0.3) is 0 Å². The highest BCUT2D eigenvalue weighted by molar-refractivity contribution is 6.32. The van der Waals surface area contributed by atoms with Crippen LogP contribution in [-0.4, -0.2) is 95.4 Å². The van der Waals surface area contributed by atoms with E-state index in [0.29, 0.717) is 10.7 Å². The van der Waals surface area contributed by atoms with Gasteiger partial charge in [-0.25, -0.2) is 8.78 Å². The number of anilines is 2. The van der Waals surface area contributed by atoms with E-state index in [-0.39, 0.29) is 0 Å². The van der Waals surface area contributed by atoms with Crippen LogP contribution in [0.5, 0.6) is 5.75 Å². The Bertz CT molecular complexity index is 1020. The molecule has 2 heterocycles. The van der Waals surface area contributed by atoms with E-state index in [1.807, 2.05) is 17.0 Å². The molecule has 2 saturated heterocycles. The van der Waals surface area contributed by atoms with E-state index in [4.69, 9.17) is 16.3 Å². The number of rotatable bonds is 14. The summed E-state index contributed by atoms with van der Waals surface area (Å²) in [5.74, 6) is -0.746. The van der Waals surface area contributed by atoms with E-state index in [0.717, 1.165) is 109 Å². The predicted octanol–water partition coefficient (Wildman–Crippen LogP) is 4.23. The van der Waals surface area contributed by atoms with E-state index < -0.39 is 11.6 Å². The first-order valence-electron chi connectivity index (χ1n) is 14.2. The monoisotopic (exact) mass is 564 g/mol. The molecular weight excluding hydrogens is 522 g/mol. The van der Waals surface area contributed by atoms with Crippen molar-refractivity contribution in [2.75, 3.05) is 95.4 Å². The lowest BCUT2D eigenvalue weighted by Gasteiger charge is -2.36. The molecule has 0 amide bonds. The third-order valence-electron chi connectivity index (χ3n) is 7.68. The second-order valence-electron chi connectivity index (χ2n) is 10.3. The maximum Gasteiger partial charge on any atom is 0.182 e. The van der Waals surface area contributed by atoms with Crippen molar-refractivity contribution in [3.63, 3.8) is 0 Å². The number of piperazine rings is 2. The Hall–Kier alpha value is -2.17. The first kappa shape index (κ1) is 29.8. The fraction of sp³-hybridized carbons (Fsp3) is 0.586. The number of halogens is 3. The summed E-state index contributed by atoms with van der Waals surface area (Å²) in [7, 11) is 1.68. The molecule has 0 saturated carbocycles. The Kier molecular flexibility index (Phi) is 11.9. The Labute approximate surface area is 237 Å². The minimum atomic E-state index is -0.776. The number of unbranched alkanes of at least 4 members (excludes halogenated alkanes) is 2. The molecule has 0 aliphatic carbocycles. The lowest BCUT2D eigenvalue weighted by Crippen LogP contribution is -2.47. The van der Waals surface area contributed by atoms with Gasteiger partial charge in [0.05, 0.1) is 23.5 Å². The number of hydrazine groups is 1. The summed E-state index contributed by atoms with van der Waals surface area (Å²) in [6.07, 6.45) is 4.55. The van der Waals surface area contributed by atoms with Crippen molar-refractivity contribution in [3.05, 3.63) is 53.1 Å². The number of hydrogen-bond acceptors (Lipinski definition) is 7. The van der Waals surface area contributed by atoms with Gasteiger partial charge in [0.2, 0.25) is 0 Å². The van der Waals surface area contributed by atoms with Crippen LogP contribution in [0.15, 0.2) is 36.4 Å². The molecule has 2 fully saturated rings. The van der Waals surface area contributed by atoms with Gasteiger partial charge in [0.15, 0.2) is 17.4 Å². The lowest BCUT2D eigenvalue weighted by molar-refractivity contribution is 0.249. The summed E-state index contributed by atoms with van der Waals surface area (Å²) in [5, 5.41) is 0.662. The first-order chi connectivity index (χ1) is 19.1. The Morgan fingerprint density at radius 2 is 1.23 bits per heavy atom. The van der Waals surface area contributed by atoms with E-state index in [1.165, 1.54) is 12.5 Å². The zero-order chi connectivity index (χ0) is 27.5. The molecule has 0 bridgehead atoms. The topological polar surface area (TPSA) is 46.3 Å². The molecule has 2 aromatic carbocycles. The van der Waals surface area contributed by atoms with Crippen LogP contribution in [0.4, 0.5) is 20.2 Å². The number of methoxy groups -OCH3 is 1. The van der Waals surface area contributed by atoms with Crippen molar-refractivity contribution in [1.29, 1.82) is 0 Å². The van der Waals surface area contributed by atoms with Gasteiger partial charge in [0.1, 0.15) is 0 Å². The molecule has 7 nitrogen and oxygen atoms in total. The standard InChI is InChI=1S/C29H43ClF2N6O/c1-39-29-24(30)8-6-11-27(29)38-22-18-36(19-23-38)15-5-3-13-34-33-12-2-4-14-35-16-20-37(21-17-35)26-10-7-9-25(31)28(26)32/h6-11,33-34H,2-5,12-23H2,1H3. The molecule has 2 aliphatic rings. The van der Waals surface area contributed by atoms with E-state index in [1.54, 1.807) is 19.2 Å². The van der Waals surface area contributed by atoms with Crippen LogP contribution in [-0.2, 0) is 0 Å². The number of hydrogen-bond donors (Lipinski definition) is 2. The Morgan fingerprint density at radius 3 is 1.79 bits per heavy atom. The van der Waals surface area contributed by atoms with Crippen molar-refractivity contribution >= 4 is 23.0 Å². The largest absolute Gasteiger partial charge is 0.493 e. The SMILES string of the molecule is COc1c(Cl)cccc1N1CCN(CCCCNNCCCCN2CCN(c3cccc(F)c3F)CC2)CC1. The fourth-order valence-corrected chi connectivity index (χ4v) is 5.63. The number of nitrogens with one attached hydrogen (secondary N) is 2. The summed E-state index contributed by atoms with van der Waals surface area (Å²) in [5.41, 5.74) is 8.16. The highest BCUT2D eigenvalue weighted by Gasteiger charge is 2.21. The number of ether oxygens (including phenoxy) is 1. The Balaban J connectivity index is 0.973. The van der Waals surface area contributed by atoms with E-state index >= 15 is 0 Å². The van der Waals surface area contributed by atoms with Gasteiger partial charge < -0.3 is 14.5 Å².